The number of thioether (sulfide) groups is 1. The fraction of sp³-hybridized carbons (Fsp3) is 0.167. The number of rotatable bonds is 7. The van der Waals surface area contributed by atoms with Gasteiger partial charge >= 0.3 is 12.1 Å². The van der Waals surface area contributed by atoms with Crippen molar-refractivity contribution in [2.24, 2.45) is 0 Å². The topological polar surface area (TPSA) is 164 Å². The molecule has 0 aliphatic carbocycles. The average Bonchev–Trinajstić information content (AvgIpc) is 2.88. The van der Waals surface area contributed by atoms with E-state index in [1.54, 1.807) is 49.4 Å². The van der Waals surface area contributed by atoms with Crippen LogP contribution in [0.3, 0.4) is 0 Å². The van der Waals surface area contributed by atoms with Gasteiger partial charge in [-0.05, 0) is 50.6 Å². The average molecular weight is 598 g/mol. The van der Waals surface area contributed by atoms with E-state index in [4.69, 9.17) is 14.3 Å². The van der Waals surface area contributed by atoms with E-state index < -0.39 is 22.2 Å². The maximum Gasteiger partial charge on any atom is 0.490 e. The summed E-state index contributed by atoms with van der Waals surface area (Å²) in [5.41, 5.74) is 1.67. The molecule has 0 aliphatic rings. The number of carboxylic acids is 1. The smallest absolute Gasteiger partial charge is 0.475 e. The fourth-order valence-corrected chi connectivity index (χ4v) is 4.49. The lowest BCUT2D eigenvalue weighted by Crippen LogP contribution is -2.21. The Morgan fingerprint density at radius 2 is 1.68 bits per heavy atom. The Bertz CT molecular complexity index is 1710. The number of carboxylic acid groups (broad SMARTS) is 1. The summed E-state index contributed by atoms with van der Waals surface area (Å²) in [7, 11) is -2.22. The van der Waals surface area contributed by atoms with Crippen molar-refractivity contribution in [1.29, 1.82) is 0 Å². The van der Waals surface area contributed by atoms with Crippen LogP contribution in [0.25, 0.3) is 11.0 Å². The van der Waals surface area contributed by atoms with Gasteiger partial charge in [0.25, 0.3) is 0 Å². The Labute approximate surface area is 229 Å². The first-order valence-corrected chi connectivity index (χ1v) is 13.8. The van der Waals surface area contributed by atoms with E-state index in [9.17, 15) is 26.4 Å². The molecule has 0 amide bonds. The monoisotopic (exact) mass is 597 g/mol. The maximum atomic E-state index is 12.2. The number of fused-ring (bicyclic) bond motifs is 1. The number of aromatic nitrogens is 2. The largest absolute Gasteiger partial charge is 0.490 e. The number of alkyl halides is 3. The molecule has 4 N–H and O–H groups in total. The van der Waals surface area contributed by atoms with Crippen LogP contribution in [-0.4, -0.2) is 48.9 Å². The van der Waals surface area contributed by atoms with Crippen molar-refractivity contribution in [3.63, 3.8) is 0 Å². The molecule has 40 heavy (non-hydrogen) atoms. The number of hydrogen-bond donors (Lipinski definition) is 4. The lowest BCUT2D eigenvalue weighted by Gasteiger charge is -2.13. The van der Waals surface area contributed by atoms with Crippen LogP contribution >= 0.6 is 11.8 Å². The van der Waals surface area contributed by atoms with Crippen LogP contribution in [0.15, 0.2) is 73.9 Å². The number of benzene rings is 2. The second kappa shape index (κ2) is 12.4. The number of nitrogens with zero attached hydrogens (tertiary/aromatic N) is 2. The lowest BCUT2D eigenvalue weighted by molar-refractivity contribution is -0.192. The molecule has 0 radical (unpaired) electrons. The summed E-state index contributed by atoms with van der Waals surface area (Å²) in [6.07, 6.45) is -1.79. The molecular formula is C24H22F3N5O6S2. The summed E-state index contributed by atoms with van der Waals surface area (Å²) < 4.78 is 64.1. The van der Waals surface area contributed by atoms with Crippen LogP contribution < -0.4 is 20.8 Å². The molecular weight excluding hydrogens is 575 g/mol. The van der Waals surface area contributed by atoms with Crippen molar-refractivity contribution < 1.29 is 35.9 Å². The fourth-order valence-electron chi connectivity index (χ4n) is 3.20. The van der Waals surface area contributed by atoms with Crippen LogP contribution in [0.5, 0.6) is 0 Å². The lowest BCUT2D eigenvalue weighted by atomic mass is 10.2. The minimum absolute atomic E-state index is 0.0964. The normalized spacial score (nSPS) is 11.4. The highest BCUT2D eigenvalue weighted by atomic mass is 32.2. The van der Waals surface area contributed by atoms with Crippen LogP contribution in [0.2, 0.25) is 0 Å². The van der Waals surface area contributed by atoms with E-state index in [0.717, 1.165) is 4.90 Å². The van der Waals surface area contributed by atoms with Gasteiger partial charge in [0.1, 0.15) is 29.3 Å². The highest BCUT2D eigenvalue weighted by molar-refractivity contribution is 7.98. The molecule has 2 heterocycles. The van der Waals surface area contributed by atoms with Gasteiger partial charge in [0, 0.05) is 28.8 Å². The zero-order valence-corrected chi connectivity index (χ0v) is 22.7. The van der Waals surface area contributed by atoms with Crippen molar-refractivity contribution in [2.75, 3.05) is 23.9 Å². The predicted octanol–water partition coefficient (Wildman–Crippen LogP) is 4.64. The number of hydrogen-bond acceptors (Lipinski definition) is 10. The highest BCUT2D eigenvalue weighted by Gasteiger charge is 2.38. The molecule has 11 nitrogen and oxygen atoms in total. The third kappa shape index (κ3) is 7.71. The minimum atomic E-state index is -5.08. The molecule has 4 aromatic rings. The molecule has 2 aromatic carbocycles. The molecule has 4 rings (SSSR count). The van der Waals surface area contributed by atoms with Gasteiger partial charge in [0.05, 0.1) is 16.0 Å². The van der Waals surface area contributed by atoms with Gasteiger partial charge < -0.3 is 20.2 Å². The number of nitrogens with one attached hydrogen (secondary N) is 3. The Hall–Kier alpha value is -4.15. The van der Waals surface area contributed by atoms with Gasteiger partial charge in [0.2, 0.25) is 10.0 Å². The molecule has 0 fully saturated rings. The summed E-state index contributed by atoms with van der Waals surface area (Å²) in [5, 5.41) is 14.0. The van der Waals surface area contributed by atoms with Gasteiger partial charge in [0.15, 0.2) is 5.43 Å². The Kier molecular flexibility index (Phi) is 9.39. The first-order valence-electron chi connectivity index (χ1n) is 11.1. The Morgan fingerprint density at radius 1 is 1.02 bits per heavy atom. The standard InChI is InChI=1S/C22H21N5O4S2.C2HF3O2/c1-13-8-18(28)16-6-4-14(9-19(16)31-13)26-21-11-22(25-12-24-21)27-17-10-15(33(29,30)23-2)5-7-20(17)32-3;3-2(4,5)1(6)7/h4-12,23H,1-3H3,(H2,24,25,26,27);(H,6,7). The number of halogens is 3. The quantitative estimate of drug-likeness (QED) is 0.219. The van der Waals surface area contributed by atoms with Crippen LogP contribution in [0, 0.1) is 6.92 Å². The molecule has 0 unspecified atom stereocenters. The van der Waals surface area contributed by atoms with Crippen molar-refractivity contribution in [1.82, 2.24) is 14.7 Å². The second-order valence-corrected chi connectivity index (χ2v) is 10.6. The first-order chi connectivity index (χ1) is 18.7. The number of sulfonamides is 1. The predicted molar refractivity (Wildman–Crippen MR) is 144 cm³/mol. The van der Waals surface area contributed by atoms with Crippen LogP contribution in [-0.2, 0) is 14.8 Å². The summed E-state index contributed by atoms with van der Waals surface area (Å²) in [6, 6.07) is 13.2. The third-order valence-electron chi connectivity index (χ3n) is 5.05. The number of aliphatic carboxylic acids is 1. The molecule has 0 atom stereocenters. The molecule has 0 spiro atoms. The minimum Gasteiger partial charge on any atom is -0.475 e. The summed E-state index contributed by atoms with van der Waals surface area (Å²) in [6.45, 7) is 1.73. The molecule has 0 saturated carbocycles. The van der Waals surface area contributed by atoms with Gasteiger partial charge in [-0.1, -0.05) is 0 Å². The Morgan fingerprint density at radius 3 is 2.27 bits per heavy atom. The molecule has 16 heteroatoms. The SMILES string of the molecule is CNS(=O)(=O)c1ccc(SC)c(Nc2cc(Nc3ccc4c(=O)cc(C)oc4c3)ncn2)c1.O=C(O)C(F)(F)F. The van der Waals surface area contributed by atoms with E-state index in [1.807, 2.05) is 6.26 Å². The van der Waals surface area contributed by atoms with E-state index in [-0.39, 0.29) is 10.3 Å². The van der Waals surface area contributed by atoms with Crippen molar-refractivity contribution in [3.8, 4) is 0 Å². The maximum absolute atomic E-state index is 12.2. The third-order valence-corrected chi connectivity index (χ3v) is 7.25. The van der Waals surface area contributed by atoms with E-state index in [0.29, 0.717) is 39.7 Å². The van der Waals surface area contributed by atoms with Gasteiger partial charge in [-0.25, -0.2) is 27.9 Å². The number of anilines is 4. The second-order valence-electron chi connectivity index (χ2n) is 7.84. The van der Waals surface area contributed by atoms with E-state index in [2.05, 4.69) is 25.3 Å². The zero-order chi connectivity index (χ0) is 29.7. The summed E-state index contributed by atoms with van der Waals surface area (Å²) >= 11 is 1.48. The highest BCUT2D eigenvalue weighted by Crippen LogP contribution is 2.31. The first kappa shape index (κ1) is 30.4. The zero-order valence-electron chi connectivity index (χ0n) is 21.0. The molecule has 0 aliphatic heterocycles. The van der Waals surface area contributed by atoms with Gasteiger partial charge in [-0.2, -0.15) is 13.2 Å². The Balaban J connectivity index is 0.000000559. The van der Waals surface area contributed by atoms with Crippen LogP contribution in [0.1, 0.15) is 5.76 Å². The molecule has 212 valence electrons. The van der Waals surface area contributed by atoms with Gasteiger partial charge in [-0.3, -0.25) is 4.79 Å². The van der Waals surface area contributed by atoms with Crippen molar-refractivity contribution in [2.45, 2.75) is 22.9 Å². The van der Waals surface area contributed by atoms with Crippen molar-refractivity contribution in [3.05, 3.63) is 70.8 Å². The summed E-state index contributed by atoms with van der Waals surface area (Å²) in [4.78, 5) is 30.5. The van der Waals surface area contributed by atoms with Gasteiger partial charge in [-0.15, -0.1) is 11.8 Å². The van der Waals surface area contributed by atoms with Crippen LogP contribution in [0.4, 0.5) is 36.2 Å². The molecule has 0 bridgehead atoms. The molecule has 0 saturated heterocycles. The molecule has 2 aromatic heterocycles. The van der Waals surface area contributed by atoms with Crippen molar-refractivity contribution >= 4 is 61.7 Å². The summed E-state index contributed by atoms with van der Waals surface area (Å²) in [5.74, 6) is -1.24. The number of carbonyl (C=O) groups is 1. The number of aryl methyl sites for hydroxylation is 1. The van der Waals surface area contributed by atoms with E-state index >= 15 is 0 Å². The van der Waals surface area contributed by atoms with E-state index in [1.165, 1.54) is 31.2 Å².